The highest BCUT2D eigenvalue weighted by Gasteiger charge is 2.46. The second kappa shape index (κ2) is 11.4. The predicted molar refractivity (Wildman–Crippen MR) is 149 cm³/mol. The van der Waals surface area contributed by atoms with Gasteiger partial charge in [0.25, 0.3) is 11.8 Å². The lowest BCUT2D eigenvalue weighted by atomic mass is 9.93. The van der Waals surface area contributed by atoms with Crippen LogP contribution in [-0.2, 0) is 27.3 Å². The molecule has 3 aromatic rings. The standard InChI is InChI=1S/C30H37N5O4/c1-21-16-23(12-13-25(21)26(36)35-14-8-9-15-35)33-27(37)30(31,28(38)39-29(2,3)4)17-24-19-34(20-32-24)18-22-10-6-5-7-11-22/h5-7,10-13,16,19-20H,8-9,14-15,17-18,31H2,1-4H3,(H,33,37)/t30-/m1/s1. The Morgan fingerprint density at radius 3 is 2.38 bits per heavy atom. The zero-order valence-electron chi connectivity index (χ0n) is 23.1. The maximum atomic E-state index is 13.6. The number of likely N-dealkylation sites (tertiary alicyclic amines) is 1. The molecule has 206 valence electrons. The summed E-state index contributed by atoms with van der Waals surface area (Å²) >= 11 is 0. The quantitative estimate of drug-likeness (QED) is 0.338. The van der Waals surface area contributed by atoms with Gasteiger partial charge in [0, 0.05) is 43.5 Å². The minimum Gasteiger partial charge on any atom is -0.458 e. The highest BCUT2D eigenvalue weighted by atomic mass is 16.6. The normalized spacial score (nSPS) is 15.1. The zero-order chi connectivity index (χ0) is 28.2. The Kier molecular flexibility index (Phi) is 8.20. The first-order valence-corrected chi connectivity index (χ1v) is 13.2. The molecule has 39 heavy (non-hydrogen) atoms. The first-order valence-electron chi connectivity index (χ1n) is 13.2. The lowest BCUT2D eigenvalue weighted by Crippen LogP contribution is -2.60. The second-order valence-electron chi connectivity index (χ2n) is 11.2. The van der Waals surface area contributed by atoms with Gasteiger partial charge in [0.15, 0.2) is 5.54 Å². The molecule has 1 fully saturated rings. The summed E-state index contributed by atoms with van der Waals surface area (Å²) in [4.78, 5) is 45.9. The number of carbonyl (C=O) groups excluding carboxylic acids is 3. The molecule has 1 aliphatic heterocycles. The van der Waals surface area contributed by atoms with E-state index in [-0.39, 0.29) is 12.3 Å². The number of anilines is 1. The molecule has 4 rings (SSSR count). The number of ether oxygens (including phenoxy) is 1. The molecule has 1 aliphatic rings. The van der Waals surface area contributed by atoms with E-state index in [1.54, 1.807) is 51.5 Å². The Balaban J connectivity index is 1.54. The van der Waals surface area contributed by atoms with Gasteiger partial charge >= 0.3 is 5.97 Å². The Morgan fingerprint density at radius 2 is 1.74 bits per heavy atom. The number of imidazole rings is 1. The molecule has 2 heterocycles. The molecule has 0 radical (unpaired) electrons. The van der Waals surface area contributed by atoms with Crippen molar-refractivity contribution >= 4 is 23.5 Å². The van der Waals surface area contributed by atoms with Gasteiger partial charge in [-0.2, -0.15) is 0 Å². The van der Waals surface area contributed by atoms with Crippen LogP contribution in [0.2, 0.25) is 0 Å². The molecule has 9 heteroatoms. The number of hydrogen-bond donors (Lipinski definition) is 2. The van der Waals surface area contributed by atoms with Crippen molar-refractivity contribution in [2.45, 2.75) is 64.6 Å². The number of nitrogens with zero attached hydrogens (tertiary/aromatic N) is 3. The van der Waals surface area contributed by atoms with E-state index in [1.807, 2.05) is 46.7 Å². The van der Waals surface area contributed by atoms with E-state index in [0.717, 1.165) is 37.1 Å². The van der Waals surface area contributed by atoms with Crippen LogP contribution in [0.15, 0.2) is 61.1 Å². The van der Waals surface area contributed by atoms with Crippen LogP contribution in [0.1, 0.15) is 60.8 Å². The van der Waals surface area contributed by atoms with Crippen LogP contribution < -0.4 is 11.1 Å². The maximum absolute atomic E-state index is 13.6. The van der Waals surface area contributed by atoms with Crippen molar-refractivity contribution in [3.8, 4) is 0 Å². The molecule has 0 bridgehead atoms. The summed E-state index contributed by atoms with van der Waals surface area (Å²) in [6.07, 6.45) is 5.28. The summed E-state index contributed by atoms with van der Waals surface area (Å²) in [7, 11) is 0. The lowest BCUT2D eigenvalue weighted by Gasteiger charge is -2.30. The first kappa shape index (κ1) is 28.0. The molecule has 3 N–H and O–H groups in total. The monoisotopic (exact) mass is 531 g/mol. The summed E-state index contributed by atoms with van der Waals surface area (Å²) in [5.74, 6) is -1.58. The van der Waals surface area contributed by atoms with Crippen molar-refractivity contribution in [3.05, 3.63) is 83.4 Å². The Hall–Kier alpha value is -3.98. The van der Waals surface area contributed by atoms with Crippen LogP contribution in [0, 0.1) is 6.92 Å². The predicted octanol–water partition coefficient (Wildman–Crippen LogP) is 3.70. The second-order valence-corrected chi connectivity index (χ2v) is 11.2. The zero-order valence-corrected chi connectivity index (χ0v) is 23.1. The van der Waals surface area contributed by atoms with Gasteiger partial charge in [0.1, 0.15) is 5.60 Å². The number of amides is 2. The van der Waals surface area contributed by atoms with Crippen LogP contribution in [0.25, 0.3) is 0 Å². The fourth-order valence-corrected chi connectivity index (χ4v) is 4.59. The Bertz CT molecular complexity index is 1340. The lowest BCUT2D eigenvalue weighted by molar-refractivity contribution is -0.163. The molecule has 2 amide bonds. The average molecular weight is 532 g/mol. The number of carbonyl (C=O) groups is 3. The highest BCUT2D eigenvalue weighted by Crippen LogP contribution is 2.23. The summed E-state index contributed by atoms with van der Waals surface area (Å²) in [5, 5.41) is 2.77. The van der Waals surface area contributed by atoms with E-state index in [0.29, 0.717) is 23.5 Å². The third-order valence-corrected chi connectivity index (χ3v) is 6.63. The van der Waals surface area contributed by atoms with Crippen LogP contribution in [0.5, 0.6) is 0 Å². The van der Waals surface area contributed by atoms with E-state index < -0.39 is 23.0 Å². The van der Waals surface area contributed by atoms with Crippen molar-refractivity contribution in [1.82, 2.24) is 14.5 Å². The number of rotatable bonds is 8. The largest absolute Gasteiger partial charge is 0.458 e. The van der Waals surface area contributed by atoms with Gasteiger partial charge in [-0.25, -0.2) is 9.78 Å². The average Bonchev–Trinajstić information content (AvgIpc) is 3.56. The van der Waals surface area contributed by atoms with Crippen molar-refractivity contribution in [2.24, 2.45) is 5.73 Å². The third-order valence-electron chi connectivity index (χ3n) is 6.63. The number of aromatic nitrogens is 2. The van der Waals surface area contributed by atoms with E-state index in [9.17, 15) is 14.4 Å². The number of benzene rings is 2. The van der Waals surface area contributed by atoms with Gasteiger partial charge in [0.2, 0.25) is 0 Å². The molecule has 1 saturated heterocycles. The molecule has 0 spiro atoms. The van der Waals surface area contributed by atoms with Gasteiger partial charge in [-0.15, -0.1) is 0 Å². The number of hydrogen-bond acceptors (Lipinski definition) is 6. The summed E-state index contributed by atoms with van der Waals surface area (Å²) in [6, 6.07) is 14.9. The van der Waals surface area contributed by atoms with Crippen LogP contribution in [0.4, 0.5) is 5.69 Å². The highest BCUT2D eigenvalue weighted by molar-refractivity contribution is 6.13. The van der Waals surface area contributed by atoms with Crippen molar-refractivity contribution in [3.63, 3.8) is 0 Å². The molecule has 2 aromatic carbocycles. The summed E-state index contributed by atoms with van der Waals surface area (Å²) < 4.78 is 7.43. The van der Waals surface area contributed by atoms with Crippen LogP contribution in [0.3, 0.4) is 0 Å². The molecular weight excluding hydrogens is 494 g/mol. The van der Waals surface area contributed by atoms with E-state index >= 15 is 0 Å². The molecule has 1 atom stereocenters. The van der Waals surface area contributed by atoms with E-state index in [1.165, 1.54) is 0 Å². The van der Waals surface area contributed by atoms with Crippen molar-refractivity contribution in [2.75, 3.05) is 18.4 Å². The van der Waals surface area contributed by atoms with Gasteiger partial charge in [-0.05, 0) is 69.9 Å². The maximum Gasteiger partial charge on any atom is 0.336 e. The Labute approximate surface area is 229 Å². The van der Waals surface area contributed by atoms with Crippen molar-refractivity contribution in [1.29, 1.82) is 0 Å². The number of aryl methyl sites for hydroxylation is 1. The molecule has 9 nitrogen and oxygen atoms in total. The van der Waals surface area contributed by atoms with Gasteiger partial charge in [-0.3, -0.25) is 9.59 Å². The number of esters is 1. The minimum absolute atomic E-state index is 0.0177. The van der Waals surface area contributed by atoms with Gasteiger partial charge in [-0.1, -0.05) is 30.3 Å². The van der Waals surface area contributed by atoms with E-state index in [2.05, 4.69) is 10.3 Å². The van der Waals surface area contributed by atoms with Gasteiger partial charge < -0.3 is 25.3 Å². The van der Waals surface area contributed by atoms with E-state index in [4.69, 9.17) is 10.5 Å². The van der Waals surface area contributed by atoms with Crippen molar-refractivity contribution < 1.29 is 19.1 Å². The minimum atomic E-state index is -2.03. The SMILES string of the molecule is Cc1cc(NC(=O)[C@](N)(Cc2cn(Cc3ccccc3)cn2)C(=O)OC(C)(C)C)ccc1C(=O)N1CCCC1. The molecule has 0 saturated carbocycles. The van der Waals surface area contributed by atoms with Gasteiger partial charge in [0.05, 0.1) is 12.0 Å². The third kappa shape index (κ3) is 6.92. The smallest absolute Gasteiger partial charge is 0.336 e. The number of nitrogens with two attached hydrogens (primary N) is 1. The topological polar surface area (TPSA) is 120 Å². The van der Waals surface area contributed by atoms with Crippen LogP contribution in [-0.4, -0.2) is 56.5 Å². The van der Waals surface area contributed by atoms with Crippen LogP contribution >= 0.6 is 0 Å². The fraction of sp³-hybridized carbons (Fsp3) is 0.400. The molecule has 1 aromatic heterocycles. The summed E-state index contributed by atoms with van der Waals surface area (Å²) in [5.41, 5.74) is 6.98. The first-order chi connectivity index (χ1) is 18.4. The molecular formula is C30H37N5O4. The molecule has 0 unspecified atom stereocenters. The summed E-state index contributed by atoms with van der Waals surface area (Å²) in [6.45, 7) is 9.08. The Morgan fingerprint density at radius 1 is 1.05 bits per heavy atom. The molecule has 0 aliphatic carbocycles. The number of nitrogens with one attached hydrogen (secondary N) is 1. The fourth-order valence-electron chi connectivity index (χ4n) is 4.59.